The van der Waals surface area contributed by atoms with Gasteiger partial charge in [-0.3, -0.25) is 10.1 Å². The van der Waals surface area contributed by atoms with Gasteiger partial charge in [0.1, 0.15) is 11.9 Å². The molecular weight excluding hydrogens is 562 g/mol. The zero-order chi connectivity index (χ0) is 27.8. The summed E-state index contributed by atoms with van der Waals surface area (Å²) in [5, 5.41) is 18.0. The molecule has 2 amide bonds. The quantitative estimate of drug-likeness (QED) is 0.126. The number of benzene rings is 4. The van der Waals surface area contributed by atoms with Gasteiger partial charge in [-0.2, -0.15) is 0 Å². The molecule has 0 aliphatic carbocycles. The molecule has 39 heavy (non-hydrogen) atoms. The molecule has 0 bridgehead atoms. The molecule has 8 nitrogen and oxygen atoms in total. The molecule has 4 aromatic rings. The summed E-state index contributed by atoms with van der Waals surface area (Å²) in [5.41, 5.74) is 7.67. The standard InChI is InChI=1S/C30H28BrN3O5/c1-2-38-27(16-17-28(36)33-25-12-6-5-11-23(25)32)29(22-18-20(31)14-15-26(22)35)39-30(37)34-24-13-7-9-19-8-3-4-10-21(19)24/h3-18,27,29,35H,2,32H2,1H3,(H,33,36)(H,34,37)/b17-16+/t27-,29-/m0/s1. The molecule has 0 radical (unpaired) electrons. The minimum atomic E-state index is -1.09. The van der Waals surface area contributed by atoms with Crippen LogP contribution < -0.4 is 16.4 Å². The van der Waals surface area contributed by atoms with E-state index in [0.717, 1.165) is 10.8 Å². The molecule has 0 unspecified atom stereocenters. The molecule has 5 N–H and O–H groups in total. The second kappa shape index (κ2) is 12.9. The van der Waals surface area contributed by atoms with Gasteiger partial charge >= 0.3 is 6.09 Å². The van der Waals surface area contributed by atoms with Gasteiger partial charge in [-0.05, 0) is 54.8 Å². The highest BCUT2D eigenvalue weighted by Crippen LogP contribution is 2.34. The third kappa shape index (κ3) is 7.16. The number of hydrogen-bond donors (Lipinski definition) is 4. The zero-order valence-electron chi connectivity index (χ0n) is 21.1. The lowest BCUT2D eigenvalue weighted by molar-refractivity contribution is -0.112. The van der Waals surface area contributed by atoms with Crippen molar-refractivity contribution in [1.29, 1.82) is 0 Å². The number of phenolic OH excluding ortho intramolecular Hbond substituents is 1. The maximum Gasteiger partial charge on any atom is 0.412 e. The number of carbonyl (C=O) groups excluding carboxylic acids is 2. The lowest BCUT2D eigenvalue weighted by Gasteiger charge is -2.26. The van der Waals surface area contributed by atoms with Gasteiger partial charge in [0, 0.05) is 28.1 Å². The topological polar surface area (TPSA) is 123 Å². The molecule has 2 atom stereocenters. The van der Waals surface area contributed by atoms with E-state index in [9.17, 15) is 14.7 Å². The highest BCUT2D eigenvalue weighted by Gasteiger charge is 2.29. The highest BCUT2D eigenvalue weighted by molar-refractivity contribution is 9.10. The molecule has 0 heterocycles. The summed E-state index contributed by atoms with van der Waals surface area (Å²) >= 11 is 3.40. The van der Waals surface area contributed by atoms with E-state index in [4.69, 9.17) is 15.2 Å². The molecule has 0 saturated carbocycles. The minimum absolute atomic E-state index is 0.0965. The number of carbonyl (C=O) groups is 2. The number of anilines is 3. The molecule has 0 saturated heterocycles. The Balaban J connectivity index is 1.61. The molecule has 200 valence electrons. The lowest BCUT2D eigenvalue weighted by atomic mass is 10.0. The number of nitrogens with one attached hydrogen (secondary N) is 2. The maximum atomic E-state index is 13.2. The number of ether oxygens (including phenoxy) is 2. The normalized spacial score (nSPS) is 12.7. The Hall–Kier alpha value is -4.34. The van der Waals surface area contributed by atoms with Gasteiger partial charge in [0.25, 0.3) is 0 Å². The van der Waals surface area contributed by atoms with Crippen LogP contribution in [0.2, 0.25) is 0 Å². The first kappa shape index (κ1) is 27.7. The number of halogens is 1. The van der Waals surface area contributed by atoms with E-state index >= 15 is 0 Å². The van der Waals surface area contributed by atoms with Crippen molar-refractivity contribution in [2.45, 2.75) is 19.1 Å². The number of para-hydroxylation sites is 2. The van der Waals surface area contributed by atoms with Crippen molar-refractivity contribution in [2.75, 3.05) is 23.0 Å². The first-order valence-corrected chi connectivity index (χ1v) is 13.0. The fraction of sp³-hybridized carbons (Fsp3) is 0.133. The van der Waals surface area contributed by atoms with Crippen molar-refractivity contribution in [2.24, 2.45) is 0 Å². The van der Waals surface area contributed by atoms with E-state index in [-0.39, 0.29) is 12.4 Å². The van der Waals surface area contributed by atoms with Crippen molar-refractivity contribution in [3.8, 4) is 5.75 Å². The van der Waals surface area contributed by atoms with Crippen LogP contribution in [-0.4, -0.2) is 29.8 Å². The van der Waals surface area contributed by atoms with Crippen LogP contribution in [-0.2, 0) is 14.3 Å². The average molecular weight is 590 g/mol. The van der Waals surface area contributed by atoms with Crippen molar-refractivity contribution in [1.82, 2.24) is 0 Å². The van der Waals surface area contributed by atoms with E-state index < -0.39 is 24.2 Å². The average Bonchev–Trinajstić information content (AvgIpc) is 2.93. The largest absolute Gasteiger partial charge is 0.508 e. The molecule has 4 aromatic carbocycles. The fourth-order valence-corrected chi connectivity index (χ4v) is 4.43. The Labute approximate surface area is 234 Å². The van der Waals surface area contributed by atoms with Crippen molar-refractivity contribution >= 4 is 55.8 Å². The predicted octanol–water partition coefficient (Wildman–Crippen LogP) is 6.78. The Morgan fingerprint density at radius 2 is 1.69 bits per heavy atom. The van der Waals surface area contributed by atoms with Gasteiger partial charge in [-0.1, -0.05) is 64.5 Å². The minimum Gasteiger partial charge on any atom is -0.508 e. The Morgan fingerprint density at radius 3 is 2.49 bits per heavy atom. The first-order valence-electron chi connectivity index (χ1n) is 12.2. The molecule has 0 aliphatic heterocycles. The highest BCUT2D eigenvalue weighted by atomic mass is 79.9. The summed E-state index contributed by atoms with van der Waals surface area (Å²) in [4.78, 5) is 25.8. The summed E-state index contributed by atoms with van der Waals surface area (Å²) in [6.45, 7) is 2.03. The van der Waals surface area contributed by atoms with Gasteiger partial charge in [0.2, 0.25) is 5.91 Å². The predicted molar refractivity (Wildman–Crippen MR) is 157 cm³/mol. The van der Waals surface area contributed by atoms with Crippen LogP contribution in [0.3, 0.4) is 0 Å². The van der Waals surface area contributed by atoms with E-state index in [1.54, 1.807) is 49.4 Å². The Bertz CT molecular complexity index is 1500. The molecule has 4 rings (SSSR count). The SMILES string of the molecule is CCO[C@@H](/C=C/C(=O)Nc1ccccc1N)[C@@H](OC(=O)Nc1cccc2ccccc12)c1cc(Br)ccc1O. The van der Waals surface area contributed by atoms with E-state index in [1.807, 2.05) is 36.4 Å². The fourth-order valence-electron chi connectivity index (χ4n) is 4.05. The van der Waals surface area contributed by atoms with Crippen LogP contribution in [0.15, 0.2) is 102 Å². The lowest BCUT2D eigenvalue weighted by Crippen LogP contribution is -2.28. The van der Waals surface area contributed by atoms with Gasteiger partial charge in [0.15, 0.2) is 6.10 Å². The number of amides is 2. The van der Waals surface area contributed by atoms with Crippen LogP contribution in [0.5, 0.6) is 5.75 Å². The molecular formula is C30H28BrN3O5. The number of nitrogen functional groups attached to an aromatic ring is 1. The van der Waals surface area contributed by atoms with Crippen LogP contribution in [0.4, 0.5) is 21.9 Å². The summed E-state index contributed by atoms with van der Waals surface area (Å²) in [6.07, 6.45) is 0.000489. The van der Waals surface area contributed by atoms with Crippen LogP contribution in [0.1, 0.15) is 18.6 Å². The third-order valence-corrected chi connectivity index (χ3v) is 6.36. The van der Waals surface area contributed by atoms with Crippen molar-refractivity contribution in [3.63, 3.8) is 0 Å². The number of rotatable bonds is 9. The van der Waals surface area contributed by atoms with Crippen LogP contribution in [0.25, 0.3) is 10.8 Å². The monoisotopic (exact) mass is 589 g/mol. The number of aromatic hydroxyl groups is 1. The number of nitrogens with two attached hydrogens (primary N) is 1. The van der Waals surface area contributed by atoms with Gasteiger partial charge in [0.05, 0.1) is 17.1 Å². The van der Waals surface area contributed by atoms with Gasteiger partial charge in [-0.15, -0.1) is 0 Å². The summed E-state index contributed by atoms with van der Waals surface area (Å²) in [7, 11) is 0. The molecule has 0 aromatic heterocycles. The molecule has 0 spiro atoms. The maximum absolute atomic E-state index is 13.2. The molecule has 9 heteroatoms. The third-order valence-electron chi connectivity index (χ3n) is 5.87. The van der Waals surface area contributed by atoms with Crippen molar-refractivity contribution < 1.29 is 24.2 Å². The summed E-state index contributed by atoms with van der Waals surface area (Å²) in [5.74, 6) is -0.546. The molecule has 0 aliphatic rings. The number of phenols is 1. The number of fused-ring (bicyclic) bond motifs is 1. The Kier molecular flexibility index (Phi) is 9.19. The smallest absolute Gasteiger partial charge is 0.412 e. The van der Waals surface area contributed by atoms with Gasteiger partial charge in [-0.25, -0.2) is 4.79 Å². The zero-order valence-corrected chi connectivity index (χ0v) is 22.7. The van der Waals surface area contributed by atoms with E-state index in [0.29, 0.717) is 27.1 Å². The van der Waals surface area contributed by atoms with Crippen molar-refractivity contribution in [3.05, 3.63) is 107 Å². The number of hydrogen-bond acceptors (Lipinski definition) is 6. The Morgan fingerprint density at radius 1 is 0.974 bits per heavy atom. The summed E-state index contributed by atoms with van der Waals surface area (Å²) in [6, 6.07) is 24.8. The van der Waals surface area contributed by atoms with Crippen LogP contribution in [0, 0.1) is 0 Å². The molecule has 0 fully saturated rings. The van der Waals surface area contributed by atoms with Gasteiger partial charge < -0.3 is 25.6 Å². The second-order valence-corrected chi connectivity index (χ2v) is 9.45. The van der Waals surface area contributed by atoms with E-state index in [1.165, 1.54) is 18.2 Å². The van der Waals surface area contributed by atoms with E-state index in [2.05, 4.69) is 26.6 Å². The second-order valence-electron chi connectivity index (χ2n) is 8.54. The van der Waals surface area contributed by atoms with Crippen LogP contribution >= 0.6 is 15.9 Å². The first-order chi connectivity index (χ1) is 18.9. The summed E-state index contributed by atoms with van der Waals surface area (Å²) < 4.78 is 12.4.